The molecule has 2 heteroatoms. The highest BCUT2D eigenvalue weighted by atomic mass is 15.0. The third-order valence-corrected chi connectivity index (χ3v) is 7.11. The molecule has 0 radical (unpaired) electrons. The SMILES string of the molecule is CCc1ccc2[nH]c3ccc(-c4ccc(-n5c6ccccc6c6ccccc65)cc4)cc3c2c1. The number of rotatable bonds is 3. The summed E-state index contributed by atoms with van der Waals surface area (Å²) in [6, 6.07) is 39.8. The molecule has 0 amide bonds. The molecule has 0 bridgehead atoms. The molecule has 2 nitrogen and oxygen atoms in total. The summed E-state index contributed by atoms with van der Waals surface area (Å²) in [4.78, 5) is 3.57. The van der Waals surface area contributed by atoms with Crippen LogP contribution in [0.1, 0.15) is 12.5 Å². The molecule has 162 valence electrons. The lowest BCUT2D eigenvalue weighted by atomic mass is 10.0. The van der Waals surface area contributed by atoms with Crippen LogP contribution in [0.4, 0.5) is 0 Å². The second-order valence-corrected chi connectivity index (χ2v) is 9.04. The molecule has 2 heterocycles. The van der Waals surface area contributed by atoms with Crippen molar-refractivity contribution in [2.75, 3.05) is 0 Å². The fourth-order valence-electron chi connectivity index (χ4n) is 5.35. The van der Waals surface area contributed by atoms with Gasteiger partial charge >= 0.3 is 0 Å². The van der Waals surface area contributed by atoms with E-state index in [1.54, 1.807) is 0 Å². The Balaban J connectivity index is 1.36. The summed E-state index contributed by atoms with van der Waals surface area (Å²) in [6.07, 6.45) is 1.05. The quantitative estimate of drug-likeness (QED) is 0.286. The number of para-hydroxylation sites is 2. The number of H-pyrrole nitrogens is 1. The first-order valence-electron chi connectivity index (χ1n) is 11.9. The third kappa shape index (κ3) is 2.82. The largest absolute Gasteiger partial charge is 0.355 e. The number of nitrogens with one attached hydrogen (secondary N) is 1. The molecule has 0 spiro atoms. The highest BCUT2D eigenvalue weighted by molar-refractivity contribution is 6.10. The van der Waals surface area contributed by atoms with E-state index in [0.29, 0.717) is 0 Å². The van der Waals surface area contributed by atoms with Crippen LogP contribution in [0.25, 0.3) is 60.4 Å². The van der Waals surface area contributed by atoms with Gasteiger partial charge in [0.1, 0.15) is 0 Å². The van der Waals surface area contributed by atoms with Crippen molar-refractivity contribution in [1.82, 2.24) is 9.55 Å². The lowest BCUT2D eigenvalue weighted by Crippen LogP contribution is -1.93. The standard InChI is InChI=1S/C32H24N2/c1-2-21-11-17-29-27(19-21)28-20-23(14-18-30(28)33-29)22-12-15-24(16-13-22)34-31-9-5-3-7-25(31)26-8-4-6-10-32(26)34/h3-20,33H,2H2,1H3. The zero-order chi connectivity index (χ0) is 22.6. The van der Waals surface area contributed by atoms with Crippen molar-refractivity contribution >= 4 is 43.6 Å². The Hall–Kier alpha value is -4.30. The molecule has 1 N–H and O–H groups in total. The lowest BCUT2D eigenvalue weighted by Gasteiger charge is -2.09. The normalized spacial score (nSPS) is 11.8. The van der Waals surface area contributed by atoms with Crippen LogP contribution in [0.15, 0.2) is 109 Å². The number of aromatic nitrogens is 2. The first kappa shape index (κ1) is 19.2. The van der Waals surface area contributed by atoms with E-state index < -0.39 is 0 Å². The van der Waals surface area contributed by atoms with Crippen LogP contribution in [-0.2, 0) is 6.42 Å². The zero-order valence-electron chi connectivity index (χ0n) is 19.0. The zero-order valence-corrected chi connectivity index (χ0v) is 19.0. The van der Waals surface area contributed by atoms with Crippen LogP contribution in [0.3, 0.4) is 0 Å². The van der Waals surface area contributed by atoms with Crippen molar-refractivity contribution in [1.29, 1.82) is 0 Å². The van der Waals surface area contributed by atoms with E-state index in [1.165, 1.54) is 66.0 Å². The maximum absolute atomic E-state index is 3.57. The summed E-state index contributed by atoms with van der Waals surface area (Å²) < 4.78 is 2.36. The molecule has 0 unspecified atom stereocenters. The van der Waals surface area contributed by atoms with Gasteiger partial charge in [0.2, 0.25) is 0 Å². The Morgan fingerprint density at radius 3 is 1.82 bits per heavy atom. The third-order valence-electron chi connectivity index (χ3n) is 7.11. The van der Waals surface area contributed by atoms with E-state index in [9.17, 15) is 0 Å². The van der Waals surface area contributed by atoms with Crippen molar-refractivity contribution in [2.45, 2.75) is 13.3 Å². The molecule has 2 aromatic heterocycles. The van der Waals surface area contributed by atoms with Gasteiger partial charge in [0.05, 0.1) is 11.0 Å². The van der Waals surface area contributed by atoms with Gasteiger partial charge in [0, 0.05) is 38.3 Å². The van der Waals surface area contributed by atoms with Gasteiger partial charge in [0.15, 0.2) is 0 Å². The molecule has 0 saturated carbocycles. The van der Waals surface area contributed by atoms with E-state index in [1.807, 2.05) is 0 Å². The molecular weight excluding hydrogens is 412 g/mol. The molecule has 0 fully saturated rings. The number of aryl methyl sites for hydroxylation is 1. The second-order valence-electron chi connectivity index (χ2n) is 9.04. The van der Waals surface area contributed by atoms with Crippen LogP contribution in [0, 0.1) is 0 Å². The average Bonchev–Trinajstić information content (AvgIpc) is 3.43. The Kier molecular flexibility index (Phi) is 4.16. The highest BCUT2D eigenvalue weighted by Gasteiger charge is 2.12. The number of nitrogens with zero attached hydrogens (tertiary/aromatic N) is 1. The van der Waals surface area contributed by atoms with E-state index in [4.69, 9.17) is 0 Å². The minimum Gasteiger partial charge on any atom is -0.355 e. The van der Waals surface area contributed by atoms with Crippen LogP contribution >= 0.6 is 0 Å². The summed E-state index contributed by atoms with van der Waals surface area (Å²) in [5, 5.41) is 5.17. The average molecular weight is 437 g/mol. The molecule has 0 aliphatic carbocycles. The summed E-state index contributed by atoms with van der Waals surface area (Å²) in [5.41, 5.74) is 9.89. The first-order valence-corrected chi connectivity index (χ1v) is 11.9. The summed E-state index contributed by atoms with van der Waals surface area (Å²) in [5.74, 6) is 0. The molecule has 34 heavy (non-hydrogen) atoms. The molecule has 5 aromatic carbocycles. The van der Waals surface area contributed by atoms with Crippen molar-refractivity contribution in [3.05, 3.63) is 115 Å². The number of hydrogen-bond donors (Lipinski definition) is 1. The van der Waals surface area contributed by atoms with Gasteiger partial charge in [-0.2, -0.15) is 0 Å². The Bertz CT molecular complexity index is 1780. The van der Waals surface area contributed by atoms with Crippen LogP contribution in [0.5, 0.6) is 0 Å². The number of benzene rings is 5. The Labute approximate surface area is 198 Å². The number of fused-ring (bicyclic) bond motifs is 6. The molecule has 7 aromatic rings. The molecule has 0 aliphatic heterocycles. The predicted molar refractivity (Wildman–Crippen MR) is 145 cm³/mol. The molecular formula is C32H24N2. The van der Waals surface area contributed by atoms with Crippen LogP contribution in [-0.4, -0.2) is 9.55 Å². The van der Waals surface area contributed by atoms with E-state index in [-0.39, 0.29) is 0 Å². The van der Waals surface area contributed by atoms with Gasteiger partial charge in [-0.25, -0.2) is 0 Å². The van der Waals surface area contributed by atoms with Gasteiger partial charge in [0.25, 0.3) is 0 Å². The lowest BCUT2D eigenvalue weighted by molar-refractivity contribution is 1.15. The number of hydrogen-bond acceptors (Lipinski definition) is 0. The van der Waals surface area contributed by atoms with E-state index >= 15 is 0 Å². The molecule has 7 rings (SSSR count). The fraction of sp³-hybridized carbons (Fsp3) is 0.0625. The van der Waals surface area contributed by atoms with Gasteiger partial charge in [-0.15, -0.1) is 0 Å². The highest BCUT2D eigenvalue weighted by Crippen LogP contribution is 2.34. The van der Waals surface area contributed by atoms with Crippen molar-refractivity contribution in [2.24, 2.45) is 0 Å². The van der Waals surface area contributed by atoms with Gasteiger partial charge in [-0.1, -0.05) is 67.6 Å². The van der Waals surface area contributed by atoms with Crippen molar-refractivity contribution in [3.63, 3.8) is 0 Å². The van der Waals surface area contributed by atoms with Gasteiger partial charge in [-0.3, -0.25) is 0 Å². The van der Waals surface area contributed by atoms with E-state index in [2.05, 4.69) is 126 Å². The monoisotopic (exact) mass is 436 g/mol. The second kappa shape index (κ2) is 7.36. The van der Waals surface area contributed by atoms with Gasteiger partial charge < -0.3 is 9.55 Å². The minimum absolute atomic E-state index is 1.05. The smallest absolute Gasteiger partial charge is 0.0541 e. The topological polar surface area (TPSA) is 20.7 Å². The first-order chi connectivity index (χ1) is 16.8. The summed E-state index contributed by atoms with van der Waals surface area (Å²) in [6.45, 7) is 2.21. The maximum atomic E-state index is 3.57. The molecule has 0 saturated heterocycles. The maximum Gasteiger partial charge on any atom is 0.0541 e. The molecule has 0 aliphatic rings. The van der Waals surface area contributed by atoms with Crippen LogP contribution in [0.2, 0.25) is 0 Å². The summed E-state index contributed by atoms with van der Waals surface area (Å²) in [7, 11) is 0. The van der Waals surface area contributed by atoms with E-state index in [0.717, 1.165) is 6.42 Å². The summed E-state index contributed by atoms with van der Waals surface area (Å²) >= 11 is 0. The van der Waals surface area contributed by atoms with Crippen LogP contribution < -0.4 is 0 Å². The number of aromatic amines is 1. The molecule has 0 atom stereocenters. The minimum atomic E-state index is 1.05. The Morgan fingerprint density at radius 2 is 1.15 bits per heavy atom. The van der Waals surface area contributed by atoms with Crippen molar-refractivity contribution < 1.29 is 0 Å². The Morgan fingerprint density at radius 1 is 0.559 bits per heavy atom. The van der Waals surface area contributed by atoms with Crippen molar-refractivity contribution in [3.8, 4) is 16.8 Å². The van der Waals surface area contributed by atoms with Gasteiger partial charge in [-0.05, 0) is 71.6 Å². The predicted octanol–water partition coefficient (Wildman–Crippen LogP) is 8.65. The fourth-order valence-corrected chi connectivity index (χ4v) is 5.35.